The lowest BCUT2D eigenvalue weighted by atomic mass is 9.93. The molecule has 9 aromatic rings. The molecule has 43 heavy (non-hydrogen) atoms. The van der Waals surface area contributed by atoms with E-state index in [1.807, 2.05) is 72.0 Å². The summed E-state index contributed by atoms with van der Waals surface area (Å²) in [5, 5.41) is 15.0. The summed E-state index contributed by atoms with van der Waals surface area (Å²) in [7, 11) is -3.18. The smallest absolute Gasteiger partial charge is 0.171 e. The van der Waals surface area contributed by atoms with Crippen molar-refractivity contribution in [1.29, 1.82) is 0 Å². The van der Waals surface area contributed by atoms with Gasteiger partial charge in [0.1, 0.15) is 0 Å². The van der Waals surface area contributed by atoms with Crippen LogP contribution in [0.15, 0.2) is 152 Å². The predicted octanol–water partition coefficient (Wildman–Crippen LogP) is 10.3. The van der Waals surface area contributed by atoms with Crippen LogP contribution in [0, 0.1) is 0 Å². The van der Waals surface area contributed by atoms with Crippen LogP contribution in [-0.4, -0.2) is 0 Å². The molecule has 1 heterocycles. The Bertz CT molecular complexity index is 2500. The van der Waals surface area contributed by atoms with Gasteiger partial charge >= 0.3 is 0 Å². The van der Waals surface area contributed by atoms with Gasteiger partial charge in [0.2, 0.25) is 0 Å². The second-order valence-electron chi connectivity index (χ2n) is 11.2. The van der Waals surface area contributed by atoms with Gasteiger partial charge < -0.3 is 4.57 Å². The molecule has 8 aromatic carbocycles. The van der Waals surface area contributed by atoms with Crippen LogP contribution in [-0.2, 0) is 4.57 Å². The van der Waals surface area contributed by atoms with E-state index in [2.05, 4.69) is 91.0 Å². The van der Waals surface area contributed by atoms with Crippen molar-refractivity contribution in [3.8, 4) is 0 Å². The standard InChI is InChI=1S/C40H25OPS/c41-42(26-13-3-1-4-14-26,27-15-5-2-6-16-27)36-25-37-38(33-22-12-10-20-31(33)36)35-24-23-34-30-19-8-7-17-28(30)29-18-9-11-21-32(29)39(34)40(35)43-37/h1-25H. The minimum Gasteiger partial charge on any atom is -0.309 e. The van der Waals surface area contributed by atoms with Crippen LogP contribution in [0.1, 0.15) is 0 Å². The molecule has 0 atom stereocenters. The van der Waals surface area contributed by atoms with E-state index in [0.29, 0.717) is 0 Å². The Balaban J connectivity index is 1.47. The maximum Gasteiger partial charge on any atom is 0.171 e. The topological polar surface area (TPSA) is 17.1 Å². The average Bonchev–Trinajstić information content (AvgIpc) is 3.47. The van der Waals surface area contributed by atoms with Gasteiger partial charge in [0.25, 0.3) is 0 Å². The van der Waals surface area contributed by atoms with Crippen LogP contribution in [0.2, 0.25) is 0 Å². The van der Waals surface area contributed by atoms with Crippen LogP contribution in [0.3, 0.4) is 0 Å². The second-order valence-corrected chi connectivity index (χ2v) is 14.9. The highest BCUT2D eigenvalue weighted by molar-refractivity contribution is 7.85. The molecule has 3 heteroatoms. The molecule has 0 spiro atoms. The van der Waals surface area contributed by atoms with Gasteiger partial charge in [0.05, 0.1) is 0 Å². The Labute approximate surface area is 253 Å². The molecule has 0 aliphatic carbocycles. The van der Waals surface area contributed by atoms with Crippen LogP contribution in [0.4, 0.5) is 0 Å². The first-order chi connectivity index (χ1) is 21.2. The van der Waals surface area contributed by atoms with E-state index >= 15 is 4.57 Å². The quantitative estimate of drug-likeness (QED) is 0.149. The summed E-state index contributed by atoms with van der Waals surface area (Å²) in [4.78, 5) is 0. The Hall–Kier alpha value is -4.75. The highest BCUT2D eigenvalue weighted by atomic mass is 32.1. The summed E-state index contributed by atoms with van der Waals surface area (Å²) in [5.41, 5.74) is 0. The first-order valence-corrected chi connectivity index (χ1v) is 17.1. The van der Waals surface area contributed by atoms with Crippen LogP contribution < -0.4 is 15.9 Å². The number of rotatable bonds is 3. The van der Waals surface area contributed by atoms with E-state index in [4.69, 9.17) is 0 Å². The molecule has 1 aromatic heterocycles. The van der Waals surface area contributed by atoms with E-state index in [1.165, 1.54) is 52.5 Å². The monoisotopic (exact) mass is 584 g/mol. The Morgan fingerprint density at radius 3 is 1.40 bits per heavy atom. The Morgan fingerprint density at radius 1 is 0.395 bits per heavy atom. The van der Waals surface area contributed by atoms with Gasteiger partial charge in [-0.15, -0.1) is 11.3 Å². The molecular formula is C40H25OPS. The summed E-state index contributed by atoms with van der Waals surface area (Å²) < 4.78 is 18.1. The van der Waals surface area contributed by atoms with Gasteiger partial charge in [-0.1, -0.05) is 146 Å². The third-order valence-electron chi connectivity index (χ3n) is 8.91. The van der Waals surface area contributed by atoms with Crippen molar-refractivity contribution >= 4 is 97.7 Å². The molecule has 0 unspecified atom stereocenters. The highest BCUT2D eigenvalue weighted by Gasteiger charge is 2.32. The van der Waals surface area contributed by atoms with Gasteiger partial charge in [0.15, 0.2) is 7.14 Å². The first kappa shape index (κ1) is 24.8. The van der Waals surface area contributed by atoms with Crippen molar-refractivity contribution in [3.63, 3.8) is 0 Å². The fraction of sp³-hybridized carbons (Fsp3) is 0. The van der Waals surface area contributed by atoms with E-state index in [1.54, 1.807) is 0 Å². The lowest BCUT2D eigenvalue weighted by Crippen LogP contribution is -2.25. The number of fused-ring (bicyclic) bond motifs is 12. The first-order valence-electron chi connectivity index (χ1n) is 14.6. The molecule has 0 aliphatic rings. The summed E-state index contributed by atoms with van der Waals surface area (Å²) in [5.74, 6) is 0. The molecule has 0 radical (unpaired) electrons. The molecule has 0 bridgehead atoms. The van der Waals surface area contributed by atoms with Gasteiger partial charge in [0, 0.05) is 41.5 Å². The summed E-state index contributed by atoms with van der Waals surface area (Å²) in [6, 6.07) is 52.9. The third-order valence-corrected chi connectivity index (χ3v) is 13.2. The zero-order valence-corrected chi connectivity index (χ0v) is 24.9. The SMILES string of the molecule is O=P(c1ccccc1)(c1ccccc1)c1cc2sc3c(ccc4c5ccccc5c5ccccc5c43)c2c2ccccc12. The zero-order chi connectivity index (χ0) is 28.5. The summed E-state index contributed by atoms with van der Waals surface area (Å²) in [6.45, 7) is 0. The number of benzene rings is 8. The molecular weight excluding hydrogens is 559 g/mol. The highest BCUT2D eigenvalue weighted by Crippen LogP contribution is 2.50. The third kappa shape index (κ3) is 3.48. The molecule has 0 saturated heterocycles. The molecule has 0 fully saturated rings. The van der Waals surface area contributed by atoms with Crippen molar-refractivity contribution in [3.05, 3.63) is 152 Å². The fourth-order valence-corrected chi connectivity index (χ4v) is 11.3. The minimum absolute atomic E-state index is 0.856. The van der Waals surface area contributed by atoms with Crippen molar-refractivity contribution in [2.45, 2.75) is 0 Å². The molecule has 202 valence electrons. The maximum atomic E-state index is 15.6. The lowest BCUT2D eigenvalue weighted by molar-refractivity contribution is 0.592. The van der Waals surface area contributed by atoms with Gasteiger partial charge in [-0.05, 0) is 43.8 Å². The molecule has 0 saturated carbocycles. The minimum atomic E-state index is -3.18. The molecule has 0 aliphatic heterocycles. The van der Waals surface area contributed by atoms with Crippen molar-refractivity contribution in [2.75, 3.05) is 0 Å². The van der Waals surface area contributed by atoms with E-state index in [-0.39, 0.29) is 0 Å². The van der Waals surface area contributed by atoms with Crippen LogP contribution in [0.5, 0.6) is 0 Å². The van der Waals surface area contributed by atoms with Crippen molar-refractivity contribution in [1.82, 2.24) is 0 Å². The zero-order valence-electron chi connectivity index (χ0n) is 23.2. The Morgan fingerprint density at radius 2 is 0.814 bits per heavy atom. The fourth-order valence-electron chi connectivity index (χ4n) is 7.03. The lowest BCUT2D eigenvalue weighted by Gasteiger charge is -2.22. The van der Waals surface area contributed by atoms with E-state index in [9.17, 15) is 0 Å². The van der Waals surface area contributed by atoms with Gasteiger partial charge in [-0.25, -0.2) is 0 Å². The predicted molar refractivity (Wildman–Crippen MR) is 189 cm³/mol. The summed E-state index contributed by atoms with van der Waals surface area (Å²) >= 11 is 1.83. The molecule has 1 nitrogen and oxygen atoms in total. The van der Waals surface area contributed by atoms with Crippen molar-refractivity contribution < 1.29 is 4.57 Å². The maximum absolute atomic E-state index is 15.6. The van der Waals surface area contributed by atoms with Crippen LogP contribution in [0.25, 0.3) is 63.3 Å². The number of hydrogen-bond donors (Lipinski definition) is 0. The van der Waals surface area contributed by atoms with Gasteiger partial charge in [-0.2, -0.15) is 0 Å². The normalized spacial score (nSPS) is 12.3. The summed E-state index contributed by atoms with van der Waals surface area (Å²) in [6.07, 6.45) is 0. The molecule has 9 rings (SSSR count). The van der Waals surface area contributed by atoms with E-state index < -0.39 is 7.14 Å². The van der Waals surface area contributed by atoms with E-state index in [0.717, 1.165) is 26.7 Å². The molecule has 0 amide bonds. The number of hydrogen-bond acceptors (Lipinski definition) is 2. The van der Waals surface area contributed by atoms with Crippen molar-refractivity contribution in [2.24, 2.45) is 0 Å². The number of thiophene rings is 1. The Kier molecular flexibility index (Phi) is 5.41. The average molecular weight is 585 g/mol. The van der Waals surface area contributed by atoms with Gasteiger partial charge in [-0.3, -0.25) is 0 Å². The van der Waals surface area contributed by atoms with Crippen LogP contribution >= 0.6 is 18.5 Å². The second kappa shape index (κ2) is 9.38. The largest absolute Gasteiger partial charge is 0.309 e. The molecule has 0 N–H and O–H groups in total.